The predicted octanol–water partition coefficient (Wildman–Crippen LogP) is 4.35. The number of hydrogen-bond acceptors (Lipinski definition) is 4. The van der Waals surface area contributed by atoms with Gasteiger partial charge in [-0.05, 0) is 62.4 Å². The van der Waals surface area contributed by atoms with Crippen LogP contribution >= 0.6 is 0 Å². The van der Waals surface area contributed by atoms with E-state index in [9.17, 15) is 9.59 Å². The number of imidazole rings is 1. The first-order valence-corrected chi connectivity index (χ1v) is 11.3. The summed E-state index contributed by atoms with van der Waals surface area (Å²) < 4.78 is 7.35. The molecule has 0 radical (unpaired) electrons. The van der Waals surface area contributed by atoms with E-state index in [1.807, 2.05) is 85.1 Å². The third-order valence-corrected chi connectivity index (χ3v) is 5.40. The van der Waals surface area contributed by atoms with Crippen LogP contribution in [0.1, 0.15) is 28.7 Å². The van der Waals surface area contributed by atoms with Crippen molar-refractivity contribution in [2.75, 3.05) is 18.5 Å². The van der Waals surface area contributed by atoms with Gasteiger partial charge >= 0.3 is 0 Å². The molecule has 1 heterocycles. The van der Waals surface area contributed by atoms with E-state index < -0.39 is 0 Å². The van der Waals surface area contributed by atoms with Gasteiger partial charge in [-0.1, -0.05) is 29.8 Å². The molecule has 174 valence electrons. The topological polar surface area (TPSA) is 85.2 Å². The minimum atomic E-state index is -0.155. The van der Waals surface area contributed by atoms with Gasteiger partial charge in [-0.2, -0.15) is 0 Å². The summed E-state index contributed by atoms with van der Waals surface area (Å²) in [6.07, 6.45) is 0.503. The summed E-state index contributed by atoms with van der Waals surface area (Å²) in [7, 11) is 0. The molecule has 2 amide bonds. The van der Waals surface area contributed by atoms with E-state index in [1.54, 1.807) is 6.07 Å². The molecule has 0 aliphatic carbocycles. The Morgan fingerprint density at radius 3 is 2.56 bits per heavy atom. The summed E-state index contributed by atoms with van der Waals surface area (Å²) in [5, 5.41) is 5.88. The lowest BCUT2D eigenvalue weighted by Gasteiger charge is -2.11. The Morgan fingerprint density at radius 2 is 1.79 bits per heavy atom. The van der Waals surface area contributed by atoms with Gasteiger partial charge in [0.2, 0.25) is 5.91 Å². The van der Waals surface area contributed by atoms with Crippen molar-refractivity contribution in [2.45, 2.75) is 26.8 Å². The number of amides is 2. The number of carbonyl (C=O) groups excluding carboxylic acids is 2. The lowest BCUT2D eigenvalue weighted by atomic mass is 10.1. The summed E-state index contributed by atoms with van der Waals surface area (Å²) in [4.78, 5) is 30.0. The fourth-order valence-electron chi connectivity index (χ4n) is 3.81. The van der Waals surface area contributed by atoms with Crippen LogP contribution in [-0.4, -0.2) is 34.5 Å². The fraction of sp³-hybridized carbons (Fsp3) is 0.222. The van der Waals surface area contributed by atoms with E-state index in [4.69, 9.17) is 9.72 Å². The zero-order valence-electron chi connectivity index (χ0n) is 19.4. The molecule has 7 nitrogen and oxygen atoms in total. The molecule has 34 heavy (non-hydrogen) atoms. The SMILES string of the molecule is CCOc1ccc(NC(=O)Cn2c(CCNC(=O)c3cccc(C)c3)nc3ccccc32)cc1. The average molecular weight is 457 g/mol. The summed E-state index contributed by atoms with van der Waals surface area (Å²) >= 11 is 0. The highest BCUT2D eigenvalue weighted by Gasteiger charge is 2.14. The van der Waals surface area contributed by atoms with E-state index in [2.05, 4.69) is 10.6 Å². The standard InChI is InChI=1S/C27H28N4O3/c1-3-34-22-13-11-21(12-14-22)29-26(32)18-31-24-10-5-4-9-23(24)30-25(31)15-16-28-27(33)20-8-6-7-19(2)17-20/h4-14,17H,3,15-16,18H2,1-2H3,(H,28,33)(H,29,32). The quantitative estimate of drug-likeness (QED) is 0.392. The van der Waals surface area contributed by atoms with Gasteiger partial charge in [-0.25, -0.2) is 4.98 Å². The predicted molar refractivity (Wildman–Crippen MR) is 133 cm³/mol. The molecule has 0 aliphatic heterocycles. The summed E-state index contributed by atoms with van der Waals surface area (Å²) in [6, 6.07) is 22.5. The first-order chi connectivity index (χ1) is 16.5. The summed E-state index contributed by atoms with van der Waals surface area (Å²) in [6.45, 7) is 5.01. The normalized spacial score (nSPS) is 10.8. The van der Waals surface area contributed by atoms with Crippen molar-refractivity contribution in [3.05, 3.63) is 89.7 Å². The number of para-hydroxylation sites is 2. The number of fused-ring (bicyclic) bond motifs is 1. The molecule has 1 aromatic heterocycles. The zero-order valence-corrected chi connectivity index (χ0v) is 19.4. The fourth-order valence-corrected chi connectivity index (χ4v) is 3.81. The number of benzene rings is 3. The van der Waals surface area contributed by atoms with Crippen molar-refractivity contribution in [1.29, 1.82) is 0 Å². The van der Waals surface area contributed by atoms with Crippen LogP contribution in [0.15, 0.2) is 72.8 Å². The Balaban J connectivity index is 1.44. The number of ether oxygens (including phenoxy) is 1. The first kappa shape index (κ1) is 23.0. The number of hydrogen-bond donors (Lipinski definition) is 2. The van der Waals surface area contributed by atoms with E-state index in [0.717, 1.165) is 28.2 Å². The number of aryl methyl sites for hydroxylation is 1. The van der Waals surface area contributed by atoms with Gasteiger partial charge in [0.15, 0.2) is 0 Å². The summed E-state index contributed by atoms with van der Waals surface area (Å²) in [5.74, 6) is 1.22. The van der Waals surface area contributed by atoms with Crippen molar-refractivity contribution >= 4 is 28.5 Å². The molecule has 0 spiro atoms. The molecule has 4 rings (SSSR count). The Morgan fingerprint density at radius 1 is 1.00 bits per heavy atom. The average Bonchev–Trinajstić information content (AvgIpc) is 3.17. The second-order valence-corrected chi connectivity index (χ2v) is 7.98. The van der Waals surface area contributed by atoms with Crippen LogP contribution in [0.4, 0.5) is 5.69 Å². The highest BCUT2D eigenvalue weighted by atomic mass is 16.5. The molecular formula is C27H28N4O3. The first-order valence-electron chi connectivity index (χ1n) is 11.3. The lowest BCUT2D eigenvalue weighted by Crippen LogP contribution is -2.27. The molecular weight excluding hydrogens is 428 g/mol. The third-order valence-electron chi connectivity index (χ3n) is 5.40. The second-order valence-electron chi connectivity index (χ2n) is 7.98. The maximum atomic E-state index is 12.8. The molecule has 0 atom stereocenters. The smallest absolute Gasteiger partial charge is 0.251 e. The Bertz CT molecular complexity index is 1290. The minimum absolute atomic E-state index is 0.120. The van der Waals surface area contributed by atoms with Crippen LogP contribution in [0.3, 0.4) is 0 Å². The highest BCUT2D eigenvalue weighted by Crippen LogP contribution is 2.18. The third kappa shape index (κ3) is 5.61. The Hall–Kier alpha value is -4.13. The van der Waals surface area contributed by atoms with Gasteiger partial charge in [0, 0.05) is 24.2 Å². The molecule has 3 aromatic carbocycles. The highest BCUT2D eigenvalue weighted by molar-refractivity contribution is 5.94. The molecule has 0 saturated heterocycles. The largest absolute Gasteiger partial charge is 0.494 e. The number of carbonyl (C=O) groups is 2. The van der Waals surface area contributed by atoms with Crippen LogP contribution < -0.4 is 15.4 Å². The monoisotopic (exact) mass is 456 g/mol. The number of nitrogens with one attached hydrogen (secondary N) is 2. The molecule has 0 saturated carbocycles. The van der Waals surface area contributed by atoms with Crippen LogP contribution in [0.25, 0.3) is 11.0 Å². The number of nitrogens with zero attached hydrogens (tertiary/aromatic N) is 2. The van der Waals surface area contributed by atoms with Gasteiger partial charge < -0.3 is 19.9 Å². The van der Waals surface area contributed by atoms with E-state index in [-0.39, 0.29) is 18.4 Å². The van der Waals surface area contributed by atoms with Crippen LogP contribution in [0.5, 0.6) is 5.75 Å². The lowest BCUT2D eigenvalue weighted by molar-refractivity contribution is -0.116. The van der Waals surface area contributed by atoms with Gasteiger partial charge in [0.25, 0.3) is 5.91 Å². The van der Waals surface area contributed by atoms with Gasteiger partial charge in [0.05, 0.1) is 17.6 Å². The molecule has 0 unspecified atom stereocenters. The van der Waals surface area contributed by atoms with Gasteiger partial charge in [-0.3, -0.25) is 9.59 Å². The van der Waals surface area contributed by atoms with Crippen molar-refractivity contribution in [3.8, 4) is 5.75 Å². The molecule has 0 aliphatic rings. The zero-order chi connectivity index (χ0) is 23.9. The number of anilines is 1. The molecule has 7 heteroatoms. The van der Waals surface area contributed by atoms with E-state index in [1.165, 1.54) is 0 Å². The van der Waals surface area contributed by atoms with Crippen LogP contribution in [0.2, 0.25) is 0 Å². The van der Waals surface area contributed by atoms with Crippen molar-refractivity contribution in [2.24, 2.45) is 0 Å². The van der Waals surface area contributed by atoms with Crippen LogP contribution in [-0.2, 0) is 17.8 Å². The van der Waals surface area contributed by atoms with Gasteiger partial charge in [0.1, 0.15) is 18.1 Å². The Kier molecular flexibility index (Phi) is 7.22. The van der Waals surface area contributed by atoms with Crippen molar-refractivity contribution in [3.63, 3.8) is 0 Å². The van der Waals surface area contributed by atoms with E-state index >= 15 is 0 Å². The van der Waals surface area contributed by atoms with Crippen molar-refractivity contribution < 1.29 is 14.3 Å². The van der Waals surface area contributed by atoms with E-state index in [0.29, 0.717) is 30.8 Å². The number of rotatable bonds is 9. The Labute approximate surface area is 198 Å². The van der Waals surface area contributed by atoms with Crippen molar-refractivity contribution in [1.82, 2.24) is 14.9 Å². The number of aromatic nitrogens is 2. The maximum Gasteiger partial charge on any atom is 0.251 e. The second kappa shape index (κ2) is 10.7. The molecule has 4 aromatic rings. The van der Waals surface area contributed by atoms with Gasteiger partial charge in [-0.15, -0.1) is 0 Å². The minimum Gasteiger partial charge on any atom is -0.494 e. The summed E-state index contributed by atoms with van der Waals surface area (Å²) in [5.41, 5.74) is 4.06. The molecule has 2 N–H and O–H groups in total. The van der Waals surface area contributed by atoms with Crippen LogP contribution in [0, 0.1) is 6.92 Å². The molecule has 0 fully saturated rings. The molecule has 0 bridgehead atoms. The maximum absolute atomic E-state index is 12.8.